The van der Waals surface area contributed by atoms with Crippen LogP contribution in [-0.4, -0.2) is 37.5 Å². The van der Waals surface area contributed by atoms with E-state index in [4.69, 9.17) is 0 Å². The van der Waals surface area contributed by atoms with Crippen molar-refractivity contribution < 1.29 is 0 Å². The largest absolute Gasteiger partial charge is 0.297 e. The Morgan fingerprint density at radius 3 is 2.71 bits per heavy atom. The molecule has 6 heteroatoms. The first-order valence-corrected chi connectivity index (χ1v) is 8.45. The van der Waals surface area contributed by atoms with E-state index in [1.807, 2.05) is 6.20 Å². The summed E-state index contributed by atoms with van der Waals surface area (Å²) in [6.45, 7) is 9.61. The highest BCUT2D eigenvalue weighted by molar-refractivity contribution is 7.05. The van der Waals surface area contributed by atoms with E-state index >= 15 is 0 Å². The average molecular weight is 305 g/mol. The van der Waals surface area contributed by atoms with E-state index in [9.17, 15) is 0 Å². The van der Waals surface area contributed by atoms with Gasteiger partial charge in [-0.25, -0.2) is 4.98 Å². The van der Waals surface area contributed by atoms with Crippen molar-refractivity contribution in [2.45, 2.75) is 52.0 Å². The summed E-state index contributed by atoms with van der Waals surface area (Å²) >= 11 is 1.55. The molecule has 3 rings (SSSR count). The van der Waals surface area contributed by atoms with Crippen molar-refractivity contribution >= 4 is 11.5 Å². The van der Waals surface area contributed by atoms with Crippen molar-refractivity contribution in [3.05, 3.63) is 28.3 Å². The van der Waals surface area contributed by atoms with Gasteiger partial charge in [0.15, 0.2) is 0 Å². The first-order valence-electron chi connectivity index (χ1n) is 7.68. The molecule has 0 bridgehead atoms. The van der Waals surface area contributed by atoms with E-state index in [0.717, 1.165) is 30.5 Å². The Kier molecular flexibility index (Phi) is 4.35. The number of piperidine rings is 1. The van der Waals surface area contributed by atoms with Gasteiger partial charge >= 0.3 is 0 Å². The number of hydrogen-bond acceptors (Lipinski definition) is 5. The molecular formula is C15H23N5S. The Morgan fingerprint density at radius 2 is 2.14 bits per heavy atom. The van der Waals surface area contributed by atoms with Gasteiger partial charge in [0.25, 0.3) is 0 Å². The van der Waals surface area contributed by atoms with Crippen LogP contribution in [0.25, 0.3) is 0 Å². The van der Waals surface area contributed by atoms with E-state index in [1.54, 1.807) is 11.5 Å². The third-order valence-electron chi connectivity index (χ3n) is 4.26. The fourth-order valence-electron chi connectivity index (χ4n) is 2.93. The van der Waals surface area contributed by atoms with E-state index < -0.39 is 0 Å². The smallest absolute Gasteiger partial charge is 0.145 e. The van der Waals surface area contributed by atoms with Crippen LogP contribution in [0.4, 0.5) is 0 Å². The summed E-state index contributed by atoms with van der Waals surface area (Å²) in [4.78, 5) is 7.13. The van der Waals surface area contributed by atoms with Gasteiger partial charge in [0, 0.05) is 11.6 Å². The molecule has 1 aliphatic rings. The number of likely N-dealkylation sites (tertiary alicyclic amines) is 1. The van der Waals surface area contributed by atoms with Gasteiger partial charge in [-0.1, -0.05) is 13.8 Å². The number of hydrogen-bond donors (Lipinski definition) is 1. The molecule has 0 amide bonds. The van der Waals surface area contributed by atoms with Crippen LogP contribution in [0.5, 0.6) is 0 Å². The highest BCUT2D eigenvalue weighted by Gasteiger charge is 2.23. The molecule has 1 fully saturated rings. The average Bonchev–Trinajstić information content (AvgIpc) is 3.09. The highest BCUT2D eigenvalue weighted by Crippen LogP contribution is 2.30. The van der Waals surface area contributed by atoms with Gasteiger partial charge in [0.05, 0.1) is 12.7 Å². The van der Waals surface area contributed by atoms with Crippen LogP contribution in [0.2, 0.25) is 0 Å². The number of rotatable bonds is 4. The van der Waals surface area contributed by atoms with Crippen molar-refractivity contribution in [1.29, 1.82) is 0 Å². The lowest BCUT2D eigenvalue weighted by Crippen LogP contribution is -2.32. The maximum absolute atomic E-state index is 4.64. The fraction of sp³-hybridized carbons (Fsp3) is 0.667. The number of aryl methyl sites for hydroxylation is 1. The molecule has 0 spiro atoms. The van der Waals surface area contributed by atoms with E-state index in [1.165, 1.54) is 24.1 Å². The minimum Gasteiger partial charge on any atom is -0.297 e. The lowest BCUT2D eigenvalue weighted by Gasteiger charge is -2.31. The molecule has 0 saturated carbocycles. The second-order valence-corrected chi connectivity index (χ2v) is 7.04. The van der Waals surface area contributed by atoms with E-state index in [0.29, 0.717) is 11.8 Å². The summed E-state index contributed by atoms with van der Waals surface area (Å²) in [7, 11) is 0. The predicted octanol–water partition coefficient (Wildman–Crippen LogP) is 3.07. The summed E-state index contributed by atoms with van der Waals surface area (Å²) in [5.41, 5.74) is 2.62. The lowest BCUT2D eigenvalue weighted by molar-refractivity contribution is 0.204. The predicted molar refractivity (Wildman–Crippen MR) is 84.6 cm³/mol. The fourth-order valence-corrected chi connectivity index (χ4v) is 3.76. The summed E-state index contributed by atoms with van der Waals surface area (Å²) in [6, 6.07) is 0. The Hall–Kier alpha value is -1.27. The summed E-state index contributed by atoms with van der Waals surface area (Å²) in [6.07, 6.45) is 4.40. The minimum absolute atomic E-state index is 0.421. The Labute approximate surface area is 130 Å². The maximum Gasteiger partial charge on any atom is 0.145 e. The van der Waals surface area contributed by atoms with Crippen molar-refractivity contribution in [1.82, 2.24) is 24.5 Å². The topological polar surface area (TPSA) is 57.7 Å². The molecule has 21 heavy (non-hydrogen) atoms. The lowest BCUT2D eigenvalue weighted by atomic mass is 9.90. The molecule has 0 radical (unpaired) electrons. The SMILES string of the molecule is Cc1[nH]ncc1C1CCN(Cc2nc(C(C)C)ns2)CC1. The first kappa shape index (κ1) is 14.7. The molecule has 2 aromatic rings. The zero-order valence-electron chi connectivity index (χ0n) is 13.0. The van der Waals surface area contributed by atoms with Crippen LogP contribution in [0.1, 0.15) is 60.6 Å². The normalized spacial score (nSPS) is 17.7. The van der Waals surface area contributed by atoms with Crippen molar-refractivity contribution in [3.8, 4) is 0 Å². The third kappa shape index (κ3) is 3.32. The Balaban J connectivity index is 1.55. The van der Waals surface area contributed by atoms with E-state index in [-0.39, 0.29) is 0 Å². The van der Waals surface area contributed by atoms with Gasteiger partial charge in [-0.2, -0.15) is 9.47 Å². The first-order chi connectivity index (χ1) is 10.1. The zero-order chi connectivity index (χ0) is 14.8. The van der Waals surface area contributed by atoms with Crippen molar-refractivity contribution in [3.63, 3.8) is 0 Å². The number of H-pyrrole nitrogens is 1. The number of aromatic nitrogens is 4. The molecule has 0 aromatic carbocycles. The molecule has 1 aliphatic heterocycles. The van der Waals surface area contributed by atoms with Crippen LogP contribution in [0.15, 0.2) is 6.20 Å². The summed E-state index contributed by atoms with van der Waals surface area (Å²) < 4.78 is 4.44. The molecule has 2 aromatic heterocycles. The Morgan fingerprint density at radius 1 is 1.38 bits per heavy atom. The zero-order valence-corrected chi connectivity index (χ0v) is 13.8. The van der Waals surface area contributed by atoms with Crippen LogP contribution in [-0.2, 0) is 6.54 Å². The van der Waals surface area contributed by atoms with Crippen LogP contribution >= 0.6 is 11.5 Å². The second kappa shape index (κ2) is 6.23. The van der Waals surface area contributed by atoms with Crippen LogP contribution < -0.4 is 0 Å². The van der Waals surface area contributed by atoms with Crippen LogP contribution in [0.3, 0.4) is 0 Å². The van der Waals surface area contributed by atoms with Crippen molar-refractivity contribution in [2.75, 3.05) is 13.1 Å². The standard InChI is InChI=1S/C15H23N5S/c1-10(2)15-17-14(21-19-15)9-20-6-4-12(5-7-20)13-8-16-18-11(13)3/h8,10,12H,4-7,9H2,1-3H3,(H,16,18). The maximum atomic E-state index is 4.64. The van der Waals surface area contributed by atoms with Gasteiger partial charge in [-0.05, 0) is 55.9 Å². The molecule has 0 atom stereocenters. The van der Waals surface area contributed by atoms with Crippen LogP contribution in [0, 0.1) is 6.92 Å². The van der Waals surface area contributed by atoms with Gasteiger partial charge in [0.2, 0.25) is 0 Å². The van der Waals surface area contributed by atoms with Crippen molar-refractivity contribution in [2.24, 2.45) is 0 Å². The quantitative estimate of drug-likeness (QED) is 0.943. The highest BCUT2D eigenvalue weighted by atomic mass is 32.1. The van der Waals surface area contributed by atoms with Gasteiger partial charge in [-0.15, -0.1) is 0 Å². The molecule has 114 valence electrons. The molecule has 1 N–H and O–H groups in total. The third-order valence-corrected chi connectivity index (χ3v) is 4.96. The number of nitrogens with zero attached hydrogens (tertiary/aromatic N) is 4. The summed E-state index contributed by atoms with van der Waals surface area (Å²) in [5, 5.41) is 8.35. The van der Waals surface area contributed by atoms with Gasteiger partial charge in [-0.3, -0.25) is 10.00 Å². The number of nitrogens with one attached hydrogen (secondary N) is 1. The minimum atomic E-state index is 0.421. The molecule has 3 heterocycles. The van der Waals surface area contributed by atoms with Gasteiger partial charge < -0.3 is 0 Å². The molecular weight excluding hydrogens is 282 g/mol. The summed E-state index contributed by atoms with van der Waals surface area (Å²) in [5.74, 6) is 2.06. The number of aromatic amines is 1. The molecule has 1 saturated heterocycles. The van der Waals surface area contributed by atoms with Gasteiger partial charge in [0.1, 0.15) is 10.8 Å². The molecule has 0 aliphatic carbocycles. The molecule has 0 unspecified atom stereocenters. The second-order valence-electron chi connectivity index (χ2n) is 6.20. The van der Waals surface area contributed by atoms with E-state index in [2.05, 4.69) is 45.2 Å². The molecule has 5 nitrogen and oxygen atoms in total. The Bertz CT molecular complexity index is 580. The monoisotopic (exact) mass is 305 g/mol.